The topological polar surface area (TPSA) is 35.5 Å². The summed E-state index contributed by atoms with van der Waals surface area (Å²) in [6.07, 6.45) is 0.769. The van der Waals surface area contributed by atoms with Gasteiger partial charge in [0.1, 0.15) is 25.0 Å². The van der Waals surface area contributed by atoms with Gasteiger partial charge in [-0.3, -0.25) is 0 Å². The van der Waals surface area contributed by atoms with Crippen molar-refractivity contribution in [2.24, 2.45) is 0 Å². The molecule has 2 atom stereocenters. The number of rotatable bonds is 7. The molecule has 0 amide bonds. The highest BCUT2D eigenvalue weighted by Gasteiger charge is 2.39. The Kier molecular flexibility index (Phi) is 5.95. The van der Waals surface area contributed by atoms with Gasteiger partial charge in [-0.25, -0.2) is 4.90 Å². The fraction of sp³-hybridized carbons (Fsp3) is 0.280. The lowest BCUT2D eigenvalue weighted by atomic mass is 10.0. The molecule has 0 aromatic heterocycles. The third-order valence-corrected chi connectivity index (χ3v) is 5.75. The summed E-state index contributed by atoms with van der Waals surface area (Å²) in [6.45, 7) is 2.64. The van der Waals surface area contributed by atoms with Crippen LogP contribution in [0.2, 0.25) is 0 Å². The average molecular weight is 389 g/mol. The van der Waals surface area contributed by atoms with Crippen LogP contribution in [0.1, 0.15) is 16.7 Å². The molecule has 2 unspecified atom stereocenters. The largest absolute Gasteiger partial charge is 0.631 e. The number of hydrogen-bond donors (Lipinski definition) is 0. The average Bonchev–Trinajstić information content (AvgIpc) is 3.04. The summed E-state index contributed by atoms with van der Waals surface area (Å²) in [7, 11) is 1.67. The molecule has 0 spiro atoms. The molecule has 1 heterocycles. The molecular weight excluding hydrogens is 360 g/mol. The van der Waals surface area contributed by atoms with E-state index in [4.69, 9.17) is 4.74 Å². The Hall–Kier alpha value is -2.66. The molecule has 0 saturated carbocycles. The van der Waals surface area contributed by atoms with Crippen LogP contribution in [0.3, 0.4) is 0 Å². The summed E-state index contributed by atoms with van der Waals surface area (Å²) < 4.78 is 5.06. The number of ether oxygens (including phenoxy) is 1. The number of benzene rings is 3. The maximum absolute atomic E-state index is 14.0. The maximum Gasteiger partial charge on any atom is 0.135 e. The molecule has 0 bridgehead atoms. The third-order valence-electron chi connectivity index (χ3n) is 5.75. The second-order valence-corrected chi connectivity index (χ2v) is 7.94. The fourth-order valence-electron chi connectivity index (χ4n) is 4.25. The molecule has 29 heavy (non-hydrogen) atoms. The molecule has 150 valence electrons. The summed E-state index contributed by atoms with van der Waals surface area (Å²) >= 11 is 0. The van der Waals surface area contributed by atoms with Gasteiger partial charge in [-0.05, 0) is 23.3 Å². The minimum Gasteiger partial charge on any atom is -0.631 e. The summed E-state index contributed by atoms with van der Waals surface area (Å²) in [5.41, 5.74) is 3.54. The first kappa shape index (κ1) is 19.6. The van der Waals surface area contributed by atoms with Crippen molar-refractivity contribution in [1.82, 2.24) is 4.90 Å². The first-order valence-electron chi connectivity index (χ1n) is 10.2. The SMILES string of the molecule is COc1ccc(CC2CN(Cc3ccccc3)C[N+]2([O-])Cc2ccccc2)cc1. The van der Waals surface area contributed by atoms with Crippen LogP contribution in [0.25, 0.3) is 0 Å². The highest BCUT2D eigenvalue weighted by atomic mass is 16.6. The Morgan fingerprint density at radius 2 is 1.48 bits per heavy atom. The van der Waals surface area contributed by atoms with Gasteiger partial charge in [0.25, 0.3) is 0 Å². The second-order valence-electron chi connectivity index (χ2n) is 7.94. The van der Waals surface area contributed by atoms with Gasteiger partial charge in [0.05, 0.1) is 13.7 Å². The highest BCUT2D eigenvalue weighted by molar-refractivity contribution is 5.27. The summed E-state index contributed by atoms with van der Waals surface area (Å²) in [5.74, 6) is 0.845. The molecule has 0 radical (unpaired) electrons. The number of quaternary nitrogens is 1. The van der Waals surface area contributed by atoms with Crippen molar-refractivity contribution < 1.29 is 9.38 Å². The predicted molar refractivity (Wildman–Crippen MR) is 116 cm³/mol. The molecule has 1 saturated heterocycles. The lowest BCUT2D eigenvalue weighted by Gasteiger charge is -2.43. The lowest BCUT2D eigenvalue weighted by Crippen LogP contribution is -2.47. The lowest BCUT2D eigenvalue weighted by molar-refractivity contribution is -0.909. The van der Waals surface area contributed by atoms with Crippen LogP contribution in [0.15, 0.2) is 84.9 Å². The van der Waals surface area contributed by atoms with Crippen molar-refractivity contribution >= 4 is 0 Å². The van der Waals surface area contributed by atoms with Crippen molar-refractivity contribution in [3.8, 4) is 5.75 Å². The van der Waals surface area contributed by atoms with Gasteiger partial charge < -0.3 is 14.6 Å². The van der Waals surface area contributed by atoms with E-state index in [0.717, 1.165) is 30.8 Å². The standard InChI is InChI=1S/C25H28N2O2/c1-29-25-14-12-21(13-15-25)16-24-18-26(17-22-8-4-2-5-9-22)20-27(24,28)19-23-10-6-3-7-11-23/h2-15,24H,16-20H2,1H3. The molecule has 3 aromatic rings. The van der Waals surface area contributed by atoms with Crippen LogP contribution in [0.5, 0.6) is 5.75 Å². The van der Waals surface area contributed by atoms with E-state index in [1.807, 2.05) is 36.4 Å². The van der Waals surface area contributed by atoms with Crippen molar-refractivity contribution in [2.45, 2.75) is 25.6 Å². The minimum atomic E-state index is -0.205. The van der Waals surface area contributed by atoms with Crippen LogP contribution in [0.4, 0.5) is 0 Å². The molecule has 0 N–H and O–H groups in total. The molecule has 4 nitrogen and oxygen atoms in total. The second kappa shape index (κ2) is 8.78. The van der Waals surface area contributed by atoms with Crippen LogP contribution in [0, 0.1) is 5.21 Å². The van der Waals surface area contributed by atoms with Gasteiger partial charge in [0.2, 0.25) is 0 Å². The van der Waals surface area contributed by atoms with Crippen molar-refractivity contribution in [1.29, 1.82) is 0 Å². The van der Waals surface area contributed by atoms with Crippen LogP contribution in [-0.2, 0) is 19.5 Å². The zero-order valence-corrected chi connectivity index (χ0v) is 16.9. The van der Waals surface area contributed by atoms with Crippen LogP contribution >= 0.6 is 0 Å². The summed E-state index contributed by atoms with van der Waals surface area (Å²) in [5, 5.41) is 14.0. The molecule has 3 aromatic carbocycles. The Morgan fingerprint density at radius 3 is 2.10 bits per heavy atom. The highest BCUT2D eigenvalue weighted by Crippen LogP contribution is 2.30. The number of hydroxylamine groups is 3. The zero-order valence-electron chi connectivity index (χ0n) is 16.9. The zero-order chi connectivity index (χ0) is 20.1. The minimum absolute atomic E-state index is 0.00677. The normalized spacial score (nSPS) is 21.9. The van der Waals surface area contributed by atoms with E-state index >= 15 is 0 Å². The maximum atomic E-state index is 14.0. The number of nitrogens with zero attached hydrogens (tertiary/aromatic N) is 2. The van der Waals surface area contributed by atoms with Gasteiger partial charge in [-0.15, -0.1) is 0 Å². The van der Waals surface area contributed by atoms with Crippen LogP contribution < -0.4 is 4.74 Å². The first-order valence-corrected chi connectivity index (χ1v) is 10.2. The van der Waals surface area contributed by atoms with Gasteiger partial charge in [-0.2, -0.15) is 0 Å². The molecule has 1 fully saturated rings. The molecule has 4 rings (SSSR count). The van der Waals surface area contributed by atoms with Crippen molar-refractivity contribution in [3.63, 3.8) is 0 Å². The van der Waals surface area contributed by atoms with Crippen LogP contribution in [-0.4, -0.2) is 35.9 Å². The Morgan fingerprint density at radius 1 is 0.862 bits per heavy atom. The Labute approximate surface area is 173 Å². The summed E-state index contributed by atoms with van der Waals surface area (Å²) in [6, 6.07) is 28.7. The molecule has 4 heteroatoms. The van der Waals surface area contributed by atoms with E-state index < -0.39 is 0 Å². The fourth-order valence-corrected chi connectivity index (χ4v) is 4.25. The van der Waals surface area contributed by atoms with Gasteiger partial charge >= 0.3 is 0 Å². The molecular formula is C25H28N2O2. The smallest absolute Gasteiger partial charge is 0.135 e. The number of hydrogen-bond acceptors (Lipinski definition) is 3. The third kappa shape index (κ3) is 4.85. The van der Waals surface area contributed by atoms with Gasteiger partial charge in [-0.1, -0.05) is 72.8 Å². The van der Waals surface area contributed by atoms with Crippen molar-refractivity contribution in [2.75, 3.05) is 20.3 Å². The van der Waals surface area contributed by atoms with Crippen molar-refractivity contribution in [3.05, 3.63) is 107 Å². The van der Waals surface area contributed by atoms with E-state index in [-0.39, 0.29) is 10.7 Å². The molecule has 1 aliphatic heterocycles. The van der Waals surface area contributed by atoms with E-state index in [1.165, 1.54) is 11.1 Å². The van der Waals surface area contributed by atoms with E-state index in [1.54, 1.807) is 7.11 Å². The predicted octanol–water partition coefficient (Wildman–Crippen LogP) is 4.59. The molecule has 1 aliphatic rings. The summed E-state index contributed by atoms with van der Waals surface area (Å²) in [4.78, 5) is 2.31. The Bertz CT molecular complexity index is 899. The van der Waals surface area contributed by atoms with E-state index in [2.05, 4.69) is 53.4 Å². The monoisotopic (exact) mass is 388 g/mol. The number of methoxy groups -OCH3 is 1. The van der Waals surface area contributed by atoms with E-state index in [9.17, 15) is 5.21 Å². The Balaban J connectivity index is 1.54. The van der Waals surface area contributed by atoms with E-state index in [0.29, 0.717) is 13.2 Å². The quantitative estimate of drug-likeness (QED) is 0.438. The van der Waals surface area contributed by atoms with Gasteiger partial charge in [0, 0.05) is 18.5 Å². The molecule has 0 aliphatic carbocycles. The van der Waals surface area contributed by atoms with Gasteiger partial charge in [0.15, 0.2) is 0 Å². The first-order chi connectivity index (χ1) is 14.1.